The maximum Gasteiger partial charge on any atom is 0.0108 e. The highest BCUT2D eigenvalue weighted by Gasteiger charge is 2.47. The number of nitrogens with two attached hydrogens (primary N) is 1. The highest BCUT2D eigenvalue weighted by Crippen LogP contribution is 2.46. The van der Waals surface area contributed by atoms with Gasteiger partial charge < -0.3 is 10.6 Å². The summed E-state index contributed by atoms with van der Waals surface area (Å²) >= 11 is 0. The molecule has 2 fully saturated rings. The van der Waals surface area contributed by atoms with Crippen molar-refractivity contribution in [2.24, 2.45) is 11.1 Å². The van der Waals surface area contributed by atoms with E-state index in [1.165, 1.54) is 32.4 Å². The molecule has 2 heteroatoms. The zero-order valence-corrected chi connectivity index (χ0v) is 6.64. The van der Waals surface area contributed by atoms with Crippen LogP contribution in [0.3, 0.4) is 0 Å². The molecule has 2 aliphatic rings. The van der Waals surface area contributed by atoms with Crippen LogP contribution in [0.1, 0.15) is 19.3 Å². The lowest BCUT2D eigenvalue weighted by Gasteiger charge is -2.44. The zero-order chi connectivity index (χ0) is 7.19. The third-order valence-electron chi connectivity index (χ3n) is 3.32. The molecule has 2 rings (SSSR count). The molecule has 1 saturated heterocycles. The molecule has 58 valence electrons. The molecule has 0 aromatic carbocycles. The van der Waals surface area contributed by atoms with Crippen LogP contribution in [0.25, 0.3) is 0 Å². The summed E-state index contributed by atoms with van der Waals surface area (Å²) in [5.41, 5.74) is 6.50. The van der Waals surface area contributed by atoms with Gasteiger partial charge in [-0.2, -0.15) is 0 Å². The SMILES string of the molecule is CN1CCC2(CCC2N)C1. The van der Waals surface area contributed by atoms with Crippen molar-refractivity contribution in [3.05, 3.63) is 0 Å². The van der Waals surface area contributed by atoms with Gasteiger partial charge in [-0.3, -0.25) is 0 Å². The normalized spacial score (nSPS) is 48.0. The van der Waals surface area contributed by atoms with Crippen molar-refractivity contribution >= 4 is 0 Å². The van der Waals surface area contributed by atoms with Gasteiger partial charge in [-0.1, -0.05) is 0 Å². The van der Waals surface area contributed by atoms with Gasteiger partial charge in [-0.15, -0.1) is 0 Å². The molecule has 1 aliphatic heterocycles. The van der Waals surface area contributed by atoms with Crippen LogP contribution in [0.4, 0.5) is 0 Å². The van der Waals surface area contributed by atoms with E-state index in [1.54, 1.807) is 0 Å². The average molecular weight is 140 g/mol. The van der Waals surface area contributed by atoms with Crippen molar-refractivity contribution in [3.63, 3.8) is 0 Å². The van der Waals surface area contributed by atoms with Crippen LogP contribution in [-0.2, 0) is 0 Å². The molecule has 2 atom stereocenters. The summed E-state index contributed by atoms with van der Waals surface area (Å²) in [6.07, 6.45) is 3.97. The minimum atomic E-state index is 0.512. The Morgan fingerprint density at radius 1 is 1.50 bits per heavy atom. The van der Waals surface area contributed by atoms with Gasteiger partial charge in [-0.25, -0.2) is 0 Å². The first kappa shape index (κ1) is 6.62. The second kappa shape index (κ2) is 1.95. The van der Waals surface area contributed by atoms with Crippen molar-refractivity contribution in [1.29, 1.82) is 0 Å². The van der Waals surface area contributed by atoms with Crippen LogP contribution in [0.5, 0.6) is 0 Å². The van der Waals surface area contributed by atoms with Crippen LogP contribution in [0, 0.1) is 5.41 Å². The van der Waals surface area contributed by atoms with E-state index >= 15 is 0 Å². The van der Waals surface area contributed by atoms with Gasteiger partial charge in [0.2, 0.25) is 0 Å². The van der Waals surface area contributed by atoms with Crippen LogP contribution < -0.4 is 5.73 Å². The first-order chi connectivity index (χ1) is 4.73. The van der Waals surface area contributed by atoms with Crippen molar-refractivity contribution in [2.75, 3.05) is 20.1 Å². The van der Waals surface area contributed by atoms with E-state index in [1.807, 2.05) is 0 Å². The highest BCUT2D eigenvalue weighted by atomic mass is 15.1. The lowest BCUT2D eigenvalue weighted by atomic mass is 9.64. The van der Waals surface area contributed by atoms with E-state index in [9.17, 15) is 0 Å². The fourth-order valence-electron chi connectivity index (χ4n) is 2.34. The quantitative estimate of drug-likeness (QED) is 0.528. The van der Waals surface area contributed by atoms with E-state index in [2.05, 4.69) is 11.9 Å². The van der Waals surface area contributed by atoms with Crippen molar-refractivity contribution in [3.8, 4) is 0 Å². The lowest BCUT2D eigenvalue weighted by molar-refractivity contribution is 0.106. The molecule has 1 aliphatic carbocycles. The average Bonchev–Trinajstić information content (AvgIpc) is 2.31. The Bertz CT molecular complexity index is 146. The smallest absolute Gasteiger partial charge is 0.0108 e. The Balaban J connectivity index is 2.04. The van der Waals surface area contributed by atoms with Crippen molar-refractivity contribution in [1.82, 2.24) is 4.90 Å². The molecule has 10 heavy (non-hydrogen) atoms. The number of likely N-dealkylation sites (tertiary alicyclic amines) is 1. The first-order valence-corrected chi connectivity index (χ1v) is 4.17. The molecule has 1 heterocycles. The molecule has 0 aromatic heterocycles. The van der Waals surface area contributed by atoms with Gasteiger partial charge in [0.05, 0.1) is 0 Å². The second-order valence-corrected chi connectivity index (χ2v) is 4.00. The largest absolute Gasteiger partial charge is 0.327 e. The first-order valence-electron chi connectivity index (χ1n) is 4.17. The molecule has 2 unspecified atom stereocenters. The van der Waals surface area contributed by atoms with E-state index in [4.69, 9.17) is 5.73 Å². The van der Waals surface area contributed by atoms with Gasteiger partial charge in [0.25, 0.3) is 0 Å². The van der Waals surface area contributed by atoms with Gasteiger partial charge in [-0.05, 0) is 38.3 Å². The second-order valence-electron chi connectivity index (χ2n) is 4.00. The predicted molar refractivity (Wildman–Crippen MR) is 41.8 cm³/mol. The van der Waals surface area contributed by atoms with Crippen molar-refractivity contribution in [2.45, 2.75) is 25.3 Å². The van der Waals surface area contributed by atoms with E-state index in [-0.39, 0.29) is 0 Å². The summed E-state index contributed by atoms with van der Waals surface area (Å²) in [6.45, 7) is 2.50. The Kier molecular flexibility index (Phi) is 1.29. The summed E-state index contributed by atoms with van der Waals surface area (Å²) in [5, 5.41) is 0. The Morgan fingerprint density at radius 3 is 2.50 bits per heavy atom. The fourth-order valence-corrected chi connectivity index (χ4v) is 2.34. The van der Waals surface area contributed by atoms with Crippen LogP contribution >= 0.6 is 0 Å². The van der Waals surface area contributed by atoms with Crippen molar-refractivity contribution < 1.29 is 0 Å². The Morgan fingerprint density at radius 2 is 2.30 bits per heavy atom. The Labute approximate surface area is 62.4 Å². The topological polar surface area (TPSA) is 29.3 Å². The third-order valence-corrected chi connectivity index (χ3v) is 3.32. The predicted octanol–water partition coefficient (Wildman–Crippen LogP) is 0.429. The number of rotatable bonds is 0. The van der Waals surface area contributed by atoms with Crippen LogP contribution in [0.2, 0.25) is 0 Å². The molecule has 0 radical (unpaired) electrons. The zero-order valence-electron chi connectivity index (χ0n) is 6.64. The van der Waals surface area contributed by atoms with E-state index < -0.39 is 0 Å². The molecule has 2 N–H and O–H groups in total. The molecule has 2 nitrogen and oxygen atoms in total. The molecule has 1 spiro atoms. The molecule has 0 aromatic rings. The minimum absolute atomic E-state index is 0.512. The van der Waals surface area contributed by atoms with Gasteiger partial charge in [0.15, 0.2) is 0 Å². The summed E-state index contributed by atoms with van der Waals surface area (Å²) < 4.78 is 0. The molecule has 0 bridgehead atoms. The number of hydrogen-bond acceptors (Lipinski definition) is 2. The summed E-state index contributed by atoms with van der Waals surface area (Å²) in [5.74, 6) is 0. The maximum absolute atomic E-state index is 5.95. The standard InChI is InChI=1S/C8H16N2/c1-10-5-4-8(6-10)3-2-7(8)9/h7H,2-6,9H2,1H3. The monoisotopic (exact) mass is 140 g/mol. The minimum Gasteiger partial charge on any atom is -0.327 e. The van der Waals surface area contributed by atoms with Crippen LogP contribution in [0.15, 0.2) is 0 Å². The molecule has 0 amide bonds. The summed E-state index contributed by atoms with van der Waals surface area (Å²) in [4.78, 5) is 2.40. The van der Waals surface area contributed by atoms with Gasteiger partial charge >= 0.3 is 0 Å². The Hall–Kier alpha value is -0.0800. The third kappa shape index (κ3) is 0.722. The molecular formula is C8H16N2. The van der Waals surface area contributed by atoms with E-state index in [0.29, 0.717) is 11.5 Å². The molecular weight excluding hydrogens is 124 g/mol. The summed E-state index contributed by atoms with van der Waals surface area (Å²) in [7, 11) is 2.19. The van der Waals surface area contributed by atoms with Crippen LogP contribution in [-0.4, -0.2) is 31.1 Å². The summed E-state index contributed by atoms with van der Waals surface area (Å²) in [6, 6.07) is 0.512. The number of nitrogens with zero attached hydrogens (tertiary/aromatic N) is 1. The fraction of sp³-hybridized carbons (Fsp3) is 1.00. The lowest BCUT2D eigenvalue weighted by Crippen LogP contribution is -2.51. The van der Waals surface area contributed by atoms with Gasteiger partial charge in [0, 0.05) is 12.6 Å². The van der Waals surface area contributed by atoms with Gasteiger partial charge in [0.1, 0.15) is 0 Å². The highest BCUT2D eigenvalue weighted by molar-refractivity contribution is 5.03. The van der Waals surface area contributed by atoms with E-state index in [0.717, 1.165) is 0 Å². The molecule has 1 saturated carbocycles. The number of hydrogen-bond donors (Lipinski definition) is 1. The maximum atomic E-state index is 5.95.